The van der Waals surface area contributed by atoms with Gasteiger partial charge < -0.3 is 65.3 Å². The first-order chi connectivity index (χ1) is 33.3. The molecule has 0 aliphatic rings. The van der Waals surface area contributed by atoms with Crippen molar-refractivity contribution in [3.63, 3.8) is 0 Å². The summed E-state index contributed by atoms with van der Waals surface area (Å²) in [6.45, 7) is 0. The average Bonchev–Trinajstić information content (AvgIpc) is 3.32. The van der Waals surface area contributed by atoms with Gasteiger partial charge in [-0.2, -0.15) is 0 Å². The summed E-state index contributed by atoms with van der Waals surface area (Å²) in [6.07, 6.45) is 9.60. The topological polar surface area (TPSA) is 298 Å². The van der Waals surface area contributed by atoms with Crippen LogP contribution in [0.4, 0.5) is 0 Å². The number of hydrogen-bond acceptors (Lipinski definition) is 16. The second-order valence-corrected chi connectivity index (χ2v) is 14.7. The molecule has 0 saturated carbocycles. The number of aliphatic carboxylic acids is 1. The molecule has 1 atom stereocenters. The highest BCUT2D eigenvalue weighted by atomic mass is 16.6. The second-order valence-electron chi connectivity index (χ2n) is 14.7. The normalized spacial score (nSPS) is 11.3. The lowest BCUT2D eigenvalue weighted by Gasteiger charge is -2.13. The Labute approximate surface area is 400 Å². The molecule has 70 heavy (non-hydrogen) atoms. The number of methoxy groups -OCH3 is 2. The van der Waals surface area contributed by atoms with Gasteiger partial charge in [0.25, 0.3) is 0 Å². The number of benzene rings is 6. The van der Waals surface area contributed by atoms with Crippen molar-refractivity contribution in [1.82, 2.24) is 0 Å². The maximum Gasteiger partial charge on any atom is 0.345 e. The fourth-order valence-electron chi connectivity index (χ4n) is 5.83. The molecule has 0 bridgehead atoms. The molecule has 1 unspecified atom stereocenters. The summed E-state index contributed by atoms with van der Waals surface area (Å²) in [5, 5.41) is 93.3. The number of esters is 1. The fourth-order valence-corrected chi connectivity index (χ4v) is 5.83. The number of carbonyl (C=O) groups is 4. The van der Waals surface area contributed by atoms with Crippen molar-refractivity contribution in [2.45, 2.75) is 18.9 Å². The summed E-state index contributed by atoms with van der Waals surface area (Å²) >= 11 is 0. The average molecular weight is 957 g/mol. The summed E-state index contributed by atoms with van der Waals surface area (Å²) in [7, 11) is 2.87. The first-order valence-corrected chi connectivity index (χ1v) is 20.6. The lowest BCUT2D eigenvalue weighted by Crippen LogP contribution is -2.28. The van der Waals surface area contributed by atoms with Crippen LogP contribution >= 0.6 is 0 Å². The van der Waals surface area contributed by atoms with Crippen LogP contribution in [0.2, 0.25) is 0 Å². The van der Waals surface area contributed by atoms with Gasteiger partial charge in [0.2, 0.25) is 6.10 Å². The quantitative estimate of drug-likeness (QED) is 0.0144. The molecule has 17 nitrogen and oxygen atoms in total. The van der Waals surface area contributed by atoms with Crippen LogP contribution in [0.3, 0.4) is 0 Å². The molecule has 6 rings (SSSR count). The minimum absolute atomic E-state index is 0.00662. The van der Waals surface area contributed by atoms with Crippen LogP contribution in [0, 0.1) is 0 Å². The molecule has 0 aromatic heterocycles. The van der Waals surface area contributed by atoms with Gasteiger partial charge in [-0.05, 0) is 124 Å². The smallest absolute Gasteiger partial charge is 0.345 e. The van der Waals surface area contributed by atoms with E-state index in [9.17, 15) is 65.1 Å². The standard InChI is InChI=1S/C21H20O6.C18H16O8.C14H12O3/c1-26-20-11-14(5-9-18(20)24)3-7-16(22)13-17(23)8-4-15-6-10-19(25)21(12-15)27-2;19-12-4-1-10(7-14(12)21)3-6-17(23)26-16(18(24)25)9-11-2-5-13(20)15(22)8-11;15-12-5-3-10(4-6-12)1-2-11-7-13(16)9-14(17)8-11/h3-12,24-25H,13H2,1-2H3;1-8,16,19-22H,9H2,(H,24,25);1-9,15-17H/b7-3+,8-4+;6-3+;2-1+. The maximum atomic E-state index is 11.9. The third-order valence-corrected chi connectivity index (χ3v) is 9.37. The van der Waals surface area contributed by atoms with Gasteiger partial charge in [0.15, 0.2) is 57.6 Å². The summed E-state index contributed by atoms with van der Waals surface area (Å²) in [6, 6.07) is 28.1. The van der Waals surface area contributed by atoms with Crippen molar-refractivity contribution in [3.05, 3.63) is 167 Å². The fraction of sp³-hybridized carbons (Fsp3) is 0.0943. The molecule has 0 fully saturated rings. The largest absolute Gasteiger partial charge is 0.508 e. The molecule has 17 heteroatoms. The zero-order valence-corrected chi connectivity index (χ0v) is 37.4. The molecular formula is C53H48O17. The third-order valence-electron chi connectivity index (χ3n) is 9.37. The lowest BCUT2D eigenvalue weighted by atomic mass is 10.1. The Hall–Kier alpha value is -9.64. The monoisotopic (exact) mass is 956 g/mol. The van der Waals surface area contributed by atoms with E-state index in [0.717, 1.165) is 11.6 Å². The number of phenolic OH excluding ortho intramolecular Hbond substituents is 9. The van der Waals surface area contributed by atoms with Crippen molar-refractivity contribution >= 4 is 53.9 Å². The Bertz CT molecular complexity index is 2820. The zero-order valence-electron chi connectivity index (χ0n) is 37.4. The zero-order chi connectivity index (χ0) is 51.3. The van der Waals surface area contributed by atoms with Crippen LogP contribution in [0.25, 0.3) is 30.4 Å². The number of ketones is 2. The van der Waals surface area contributed by atoms with Gasteiger partial charge in [-0.25, -0.2) is 9.59 Å². The number of ether oxygens (including phenoxy) is 3. The van der Waals surface area contributed by atoms with E-state index in [0.29, 0.717) is 39.3 Å². The Morgan fingerprint density at radius 1 is 0.443 bits per heavy atom. The minimum Gasteiger partial charge on any atom is -0.508 e. The Morgan fingerprint density at radius 3 is 1.37 bits per heavy atom. The highest BCUT2D eigenvalue weighted by Gasteiger charge is 2.22. The third kappa shape index (κ3) is 17.6. The Morgan fingerprint density at radius 2 is 0.886 bits per heavy atom. The minimum atomic E-state index is -1.50. The van der Waals surface area contributed by atoms with Crippen LogP contribution < -0.4 is 9.47 Å². The predicted octanol–water partition coefficient (Wildman–Crippen LogP) is 8.11. The first kappa shape index (κ1) is 53.0. The van der Waals surface area contributed by atoms with E-state index in [2.05, 4.69) is 0 Å². The molecule has 0 aliphatic carbocycles. The van der Waals surface area contributed by atoms with Gasteiger partial charge in [0.1, 0.15) is 17.2 Å². The van der Waals surface area contributed by atoms with Crippen molar-refractivity contribution in [1.29, 1.82) is 0 Å². The van der Waals surface area contributed by atoms with E-state index in [4.69, 9.17) is 19.3 Å². The number of aromatic hydroxyl groups is 9. The molecule has 10 N–H and O–H groups in total. The van der Waals surface area contributed by atoms with E-state index in [1.54, 1.807) is 78.9 Å². The summed E-state index contributed by atoms with van der Waals surface area (Å²) in [4.78, 5) is 47.0. The first-order valence-electron chi connectivity index (χ1n) is 20.6. The van der Waals surface area contributed by atoms with E-state index in [1.807, 2.05) is 6.08 Å². The Balaban J connectivity index is 0.000000234. The van der Waals surface area contributed by atoms with E-state index < -0.39 is 23.8 Å². The van der Waals surface area contributed by atoms with Crippen LogP contribution in [-0.4, -0.2) is 94.9 Å². The molecule has 6 aromatic rings. The molecule has 0 saturated heterocycles. The summed E-state index contributed by atoms with van der Waals surface area (Å²) in [5.41, 5.74) is 3.70. The molecule has 0 amide bonds. The van der Waals surface area contributed by atoms with E-state index in [1.165, 1.54) is 87.0 Å². The van der Waals surface area contributed by atoms with Crippen molar-refractivity contribution in [3.8, 4) is 63.2 Å². The highest BCUT2D eigenvalue weighted by molar-refractivity contribution is 6.11. The number of carbonyl (C=O) groups excluding carboxylic acids is 3. The predicted molar refractivity (Wildman–Crippen MR) is 259 cm³/mol. The van der Waals surface area contributed by atoms with Gasteiger partial charge in [0.05, 0.1) is 20.6 Å². The van der Waals surface area contributed by atoms with Crippen molar-refractivity contribution in [2.24, 2.45) is 0 Å². The van der Waals surface area contributed by atoms with Crippen LogP contribution in [0.15, 0.2) is 133 Å². The number of carboxylic acid groups (broad SMARTS) is 1. The summed E-state index contributed by atoms with van der Waals surface area (Å²) in [5.74, 6) is -3.55. The van der Waals surface area contributed by atoms with Crippen LogP contribution in [0.5, 0.6) is 63.2 Å². The Kier molecular flexibility index (Phi) is 19.6. The molecule has 0 spiro atoms. The molecule has 0 radical (unpaired) electrons. The number of allylic oxidation sites excluding steroid dienone is 2. The van der Waals surface area contributed by atoms with Gasteiger partial charge >= 0.3 is 11.9 Å². The van der Waals surface area contributed by atoms with Gasteiger partial charge in [-0.15, -0.1) is 0 Å². The number of hydrogen-bond donors (Lipinski definition) is 10. The van der Waals surface area contributed by atoms with Gasteiger partial charge in [-0.3, -0.25) is 9.59 Å². The van der Waals surface area contributed by atoms with Gasteiger partial charge in [0, 0.05) is 18.6 Å². The lowest BCUT2D eigenvalue weighted by molar-refractivity contribution is -0.160. The SMILES string of the molecule is COc1cc(/C=C/C(=O)CC(=O)/C=C/c2ccc(O)c(OC)c2)ccc1O.O=C(/C=C/c1ccc(O)c(O)c1)OC(Cc1ccc(O)c(O)c1)C(=O)O.Oc1ccc(/C=C/c2cc(O)cc(O)c2)cc1. The van der Waals surface area contributed by atoms with E-state index >= 15 is 0 Å². The highest BCUT2D eigenvalue weighted by Crippen LogP contribution is 2.29. The second kappa shape index (κ2) is 25.9. The van der Waals surface area contributed by atoms with Crippen LogP contribution in [0.1, 0.15) is 39.8 Å². The van der Waals surface area contributed by atoms with Gasteiger partial charge in [-0.1, -0.05) is 60.7 Å². The maximum absolute atomic E-state index is 11.9. The molecule has 6 aromatic carbocycles. The van der Waals surface area contributed by atoms with E-state index in [-0.39, 0.29) is 70.4 Å². The van der Waals surface area contributed by atoms with Crippen LogP contribution in [-0.2, 0) is 30.3 Å². The molecule has 0 aliphatic heterocycles. The molecule has 362 valence electrons. The number of rotatable bonds is 16. The van der Waals surface area contributed by atoms with Crippen molar-refractivity contribution < 1.29 is 84.5 Å². The summed E-state index contributed by atoms with van der Waals surface area (Å²) < 4.78 is 14.9. The molecule has 0 heterocycles. The number of carboxylic acids is 1. The van der Waals surface area contributed by atoms with Crippen molar-refractivity contribution in [2.75, 3.05) is 14.2 Å². The molecular weight excluding hydrogens is 909 g/mol. The number of phenols is 9.